The minimum absolute atomic E-state index is 0.00855. The molecule has 0 bridgehead atoms. The van der Waals surface area contributed by atoms with Crippen molar-refractivity contribution in [2.45, 2.75) is 19.0 Å². The number of fused-ring (bicyclic) bond motifs is 1. The molecule has 0 radical (unpaired) electrons. The molecule has 4 aromatic rings. The second-order valence-electron chi connectivity index (χ2n) is 9.57. The summed E-state index contributed by atoms with van der Waals surface area (Å²) in [4.78, 5) is 35.9. The normalized spacial score (nSPS) is 16.8. The summed E-state index contributed by atoms with van der Waals surface area (Å²) < 4.78 is 15.0. The van der Waals surface area contributed by atoms with Gasteiger partial charge in [-0.15, -0.1) is 11.3 Å². The molecule has 2 aromatic carbocycles. The van der Waals surface area contributed by atoms with Crippen LogP contribution in [0, 0.1) is 5.82 Å². The van der Waals surface area contributed by atoms with Crippen molar-refractivity contribution in [1.29, 1.82) is 0 Å². The third-order valence-electron chi connectivity index (χ3n) is 7.22. The number of nitrogens with zero attached hydrogens (tertiary/aromatic N) is 6. The predicted molar refractivity (Wildman–Crippen MR) is 139 cm³/mol. The summed E-state index contributed by atoms with van der Waals surface area (Å²) in [5, 5.41) is 7.91. The highest BCUT2D eigenvalue weighted by Crippen LogP contribution is 2.22. The highest BCUT2D eigenvalue weighted by atomic mass is 32.1. The van der Waals surface area contributed by atoms with Crippen molar-refractivity contribution in [3.8, 4) is 0 Å². The van der Waals surface area contributed by atoms with Crippen molar-refractivity contribution in [1.82, 2.24) is 29.5 Å². The summed E-state index contributed by atoms with van der Waals surface area (Å²) in [6.07, 6.45) is 4.37. The fourth-order valence-electron chi connectivity index (χ4n) is 5.01. The van der Waals surface area contributed by atoms with Gasteiger partial charge in [0.2, 0.25) is 0 Å². The molecule has 6 rings (SSSR count). The van der Waals surface area contributed by atoms with Crippen molar-refractivity contribution in [3.05, 3.63) is 82.2 Å². The molecule has 2 fully saturated rings. The first-order valence-corrected chi connectivity index (χ1v) is 13.4. The predicted octanol–water partition coefficient (Wildman–Crippen LogP) is 3.16. The van der Waals surface area contributed by atoms with E-state index in [0.29, 0.717) is 49.3 Å². The van der Waals surface area contributed by atoms with E-state index in [4.69, 9.17) is 0 Å². The van der Waals surface area contributed by atoms with Crippen molar-refractivity contribution >= 4 is 34.1 Å². The number of aryl methyl sites for hydroxylation is 2. The zero-order valence-corrected chi connectivity index (χ0v) is 21.1. The lowest BCUT2D eigenvalue weighted by Crippen LogP contribution is -2.64. The number of hydrogen-bond donors (Lipinski definition) is 0. The van der Waals surface area contributed by atoms with Crippen LogP contribution in [0.1, 0.15) is 25.7 Å². The second-order valence-corrected chi connectivity index (χ2v) is 10.5. The number of carbonyl (C=O) groups excluding carboxylic acids is 2. The van der Waals surface area contributed by atoms with Gasteiger partial charge in [-0.1, -0.05) is 12.1 Å². The molecule has 2 saturated heterocycles. The van der Waals surface area contributed by atoms with E-state index in [0.717, 1.165) is 36.0 Å². The van der Waals surface area contributed by atoms with E-state index in [1.54, 1.807) is 18.3 Å². The Labute approximate surface area is 217 Å². The molecule has 2 aliphatic heterocycles. The molecule has 8 nitrogen and oxygen atoms in total. The molecule has 0 N–H and O–H groups in total. The Kier molecular flexibility index (Phi) is 6.43. The van der Waals surface area contributed by atoms with Gasteiger partial charge in [0.1, 0.15) is 5.82 Å². The zero-order chi connectivity index (χ0) is 25.4. The number of piperazine rings is 1. The summed E-state index contributed by atoms with van der Waals surface area (Å²) in [6.45, 7) is 5.08. The monoisotopic (exact) mass is 518 g/mol. The number of rotatable bonds is 6. The van der Waals surface area contributed by atoms with E-state index in [1.165, 1.54) is 23.5 Å². The molecule has 37 heavy (non-hydrogen) atoms. The van der Waals surface area contributed by atoms with Gasteiger partial charge in [-0.25, -0.2) is 9.37 Å². The van der Waals surface area contributed by atoms with Crippen molar-refractivity contribution in [2.24, 2.45) is 0 Å². The molecular weight excluding hydrogens is 491 g/mol. The Balaban J connectivity index is 1.01. The second kappa shape index (κ2) is 10.0. The van der Waals surface area contributed by atoms with Gasteiger partial charge in [-0.3, -0.25) is 19.2 Å². The average molecular weight is 519 g/mol. The lowest BCUT2D eigenvalue weighted by Gasteiger charge is -2.48. The number of benzene rings is 2. The number of hydrogen-bond acceptors (Lipinski definition) is 6. The summed E-state index contributed by atoms with van der Waals surface area (Å²) in [5.74, 6) is -0.190. The number of thiazole rings is 1. The van der Waals surface area contributed by atoms with E-state index in [-0.39, 0.29) is 17.6 Å². The molecule has 190 valence electrons. The summed E-state index contributed by atoms with van der Waals surface area (Å²) in [7, 11) is 0. The van der Waals surface area contributed by atoms with Crippen LogP contribution in [0.15, 0.2) is 60.2 Å². The Bertz CT molecular complexity index is 1410. The van der Waals surface area contributed by atoms with Crippen LogP contribution < -0.4 is 0 Å². The van der Waals surface area contributed by atoms with Gasteiger partial charge in [0, 0.05) is 80.6 Å². The highest BCUT2D eigenvalue weighted by Gasteiger charge is 2.37. The lowest BCUT2D eigenvalue weighted by molar-refractivity contribution is 0.00854. The highest BCUT2D eigenvalue weighted by molar-refractivity contribution is 7.11. The molecule has 2 aromatic heterocycles. The van der Waals surface area contributed by atoms with Crippen LogP contribution in [0.25, 0.3) is 10.9 Å². The van der Waals surface area contributed by atoms with Gasteiger partial charge in [-0.2, -0.15) is 5.10 Å². The first-order chi connectivity index (χ1) is 18.0. The summed E-state index contributed by atoms with van der Waals surface area (Å²) in [6, 6.07) is 12.5. The molecule has 10 heteroatoms. The Morgan fingerprint density at radius 3 is 2.49 bits per heavy atom. The fraction of sp³-hybridized carbons (Fsp3) is 0.333. The van der Waals surface area contributed by atoms with Crippen LogP contribution in [-0.2, 0) is 13.0 Å². The van der Waals surface area contributed by atoms with Gasteiger partial charge in [0.25, 0.3) is 11.8 Å². The Morgan fingerprint density at radius 1 is 0.973 bits per heavy atom. The molecule has 0 unspecified atom stereocenters. The van der Waals surface area contributed by atoms with Crippen molar-refractivity contribution in [3.63, 3.8) is 0 Å². The van der Waals surface area contributed by atoms with E-state index >= 15 is 0 Å². The number of halogens is 1. The van der Waals surface area contributed by atoms with Gasteiger partial charge in [0.05, 0.1) is 5.52 Å². The molecular formula is C27H27FN6O2S. The average Bonchev–Trinajstić information content (AvgIpc) is 3.57. The maximum absolute atomic E-state index is 13.1. The molecule has 2 aliphatic rings. The SMILES string of the molecule is O=C(c1ccc2nn(CCc3ccc(F)cc3)cc2c1)N1CC(N2CCN(C(=O)c3nccs3)CC2)C1. The van der Waals surface area contributed by atoms with E-state index < -0.39 is 0 Å². The lowest BCUT2D eigenvalue weighted by atomic mass is 10.0. The van der Waals surface area contributed by atoms with Crippen LogP contribution in [0.2, 0.25) is 0 Å². The minimum Gasteiger partial charge on any atom is -0.335 e. The fourth-order valence-corrected chi connectivity index (χ4v) is 5.61. The van der Waals surface area contributed by atoms with Crippen molar-refractivity contribution in [2.75, 3.05) is 39.3 Å². The first-order valence-electron chi connectivity index (χ1n) is 12.5. The molecule has 0 aliphatic carbocycles. The standard InChI is InChI=1S/C27H27FN6O2S/c28-22-4-1-19(2-5-22)7-9-34-16-21-15-20(3-6-24(21)30-34)26(35)33-17-23(18-33)31-10-12-32(13-11-31)27(36)25-29-8-14-37-25/h1-6,8,14-16,23H,7,9-13,17-18H2. The van der Waals surface area contributed by atoms with Crippen LogP contribution in [0.5, 0.6) is 0 Å². The first kappa shape index (κ1) is 23.7. The van der Waals surface area contributed by atoms with Crippen LogP contribution in [0.4, 0.5) is 4.39 Å². The Morgan fingerprint density at radius 2 is 1.76 bits per heavy atom. The minimum atomic E-state index is -0.235. The molecule has 0 atom stereocenters. The largest absolute Gasteiger partial charge is 0.335 e. The molecule has 0 saturated carbocycles. The number of aromatic nitrogens is 3. The zero-order valence-electron chi connectivity index (χ0n) is 20.3. The van der Waals surface area contributed by atoms with E-state index in [9.17, 15) is 14.0 Å². The van der Waals surface area contributed by atoms with E-state index in [2.05, 4.69) is 15.0 Å². The van der Waals surface area contributed by atoms with Crippen LogP contribution >= 0.6 is 11.3 Å². The summed E-state index contributed by atoms with van der Waals surface area (Å²) in [5.41, 5.74) is 2.57. The summed E-state index contributed by atoms with van der Waals surface area (Å²) >= 11 is 1.38. The number of carbonyl (C=O) groups is 2. The van der Waals surface area contributed by atoms with Crippen LogP contribution in [0.3, 0.4) is 0 Å². The third-order valence-corrected chi connectivity index (χ3v) is 7.99. The number of likely N-dealkylation sites (tertiary alicyclic amines) is 1. The molecule has 0 spiro atoms. The van der Waals surface area contributed by atoms with Gasteiger partial charge < -0.3 is 9.80 Å². The van der Waals surface area contributed by atoms with Crippen molar-refractivity contribution < 1.29 is 14.0 Å². The molecule has 4 heterocycles. The topological polar surface area (TPSA) is 74.6 Å². The van der Waals surface area contributed by atoms with Crippen LogP contribution in [-0.4, -0.2) is 86.6 Å². The van der Waals surface area contributed by atoms with E-state index in [1.807, 2.05) is 44.3 Å². The quantitative estimate of drug-likeness (QED) is 0.392. The smallest absolute Gasteiger partial charge is 0.282 e. The van der Waals surface area contributed by atoms with Gasteiger partial charge in [0.15, 0.2) is 5.01 Å². The number of amides is 2. The maximum atomic E-state index is 13.1. The maximum Gasteiger partial charge on any atom is 0.282 e. The third kappa shape index (κ3) is 4.99. The Hall–Kier alpha value is -3.63. The van der Waals surface area contributed by atoms with Gasteiger partial charge in [-0.05, 0) is 42.3 Å². The van der Waals surface area contributed by atoms with Gasteiger partial charge >= 0.3 is 0 Å². The molecule has 2 amide bonds.